The Bertz CT molecular complexity index is 572. The molecular weight excluding hydrogens is 279 g/mol. The summed E-state index contributed by atoms with van der Waals surface area (Å²) in [5.41, 5.74) is 6.19. The number of hydrogen-bond donors (Lipinski definition) is 2. The van der Waals surface area contributed by atoms with Crippen LogP contribution in [-0.2, 0) is 9.47 Å². The Hall–Kier alpha value is -1.86. The Labute approximate surface area is 121 Å². The fraction of sp³-hybridized carbons (Fsp3) is 0.500. The average Bonchev–Trinajstić information content (AvgIpc) is 2.88. The number of nitrogens with two attached hydrogens (primary N) is 1. The quantitative estimate of drug-likeness (QED) is 0.804. The van der Waals surface area contributed by atoms with Gasteiger partial charge in [-0.1, -0.05) is 0 Å². The molecule has 6 nitrogen and oxygen atoms in total. The molecule has 0 bridgehead atoms. The van der Waals surface area contributed by atoms with E-state index in [9.17, 15) is 9.18 Å². The Morgan fingerprint density at radius 1 is 1.38 bits per heavy atom. The number of rotatable bonds is 2. The van der Waals surface area contributed by atoms with Crippen LogP contribution in [0.5, 0.6) is 0 Å². The van der Waals surface area contributed by atoms with Crippen LogP contribution in [0.15, 0.2) is 12.1 Å². The number of halogens is 1. The lowest BCUT2D eigenvalue weighted by atomic mass is 10.0. The third-order valence-corrected chi connectivity index (χ3v) is 3.92. The topological polar surface area (TPSA) is 85.0 Å². The number of benzene rings is 1. The van der Waals surface area contributed by atoms with Crippen LogP contribution < -0.4 is 10.6 Å². The molecule has 0 saturated carbocycles. The Morgan fingerprint density at radius 2 is 2.10 bits per heavy atom. The Morgan fingerprint density at radius 3 is 2.76 bits per heavy atom. The van der Waals surface area contributed by atoms with E-state index in [2.05, 4.69) is 0 Å². The van der Waals surface area contributed by atoms with Crippen LogP contribution in [0.25, 0.3) is 0 Å². The third-order valence-electron chi connectivity index (χ3n) is 3.92. The van der Waals surface area contributed by atoms with Crippen molar-refractivity contribution in [1.82, 2.24) is 0 Å². The second-order valence-electron chi connectivity index (χ2n) is 5.33. The first-order chi connectivity index (χ1) is 10.0. The van der Waals surface area contributed by atoms with Gasteiger partial charge in [-0.25, -0.2) is 9.18 Å². The number of carboxylic acids is 1. The van der Waals surface area contributed by atoms with Crippen molar-refractivity contribution in [2.45, 2.75) is 18.6 Å². The van der Waals surface area contributed by atoms with E-state index >= 15 is 0 Å². The van der Waals surface area contributed by atoms with E-state index in [4.69, 9.17) is 20.3 Å². The molecule has 0 amide bonds. The van der Waals surface area contributed by atoms with Gasteiger partial charge < -0.3 is 25.2 Å². The monoisotopic (exact) mass is 296 g/mol. The molecule has 3 N–H and O–H groups in total. The van der Waals surface area contributed by atoms with Gasteiger partial charge in [-0.05, 0) is 12.5 Å². The zero-order valence-corrected chi connectivity index (χ0v) is 11.5. The van der Waals surface area contributed by atoms with Gasteiger partial charge in [0.2, 0.25) is 0 Å². The highest BCUT2D eigenvalue weighted by atomic mass is 19.1. The maximum Gasteiger partial charge on any atom is 0.338 e. The van der Waals surface area contributed by atoms with Crippen molar-refractivity contribution in [2.75, 3.05) is 36.9 Å². The molecule has 0 aliphatic carbocycles. The van der Waals surface area contributed by atoms with Crippen molar-refractivity contribution in [3.05, 3.63) is 23.5 Å². The van der Waals surface area contributed by atoms with Gasteiger partial charge in [0.05, 0.1) is 36.7 Å². The molecule has 2 aliphatic heterocycles. The van der Waals surface area contributed by atoms with E-state index in [1.165, 1.54) is 6.07 Å². The third kappa shape index (κ3) is 2.54. The lowest BCUT2D eigenvalue weighted by Crippen LogP contribution is -2.49. The smallest absolute Gasteiger partial charge is 0.338 e. The fourth-order valence-corrected chi connectivity index (χ4v) is 2.94. The summed E-state index contributed by atoms with van der Waals surface area (Å²) in [6.07, 6.45) is 1.63. The number of hydrogen-bond acceptors (Lipinski definition) is 5. The summed E-state index contributed by atoms with van der Waals surface area (Å²) in [5, 5.41) is 8.91. The van der Waals surface area contributed by atoms with Gasteiger partial charge in [0, 0.05) is 19.0 Å². The average molecular weight is 296 g/mol. The number of nitrogens with zero attached hydrogens (tertiary/aromatic N) is 1. The summed E-state index contributed by atoms with van der Waals surface area (Å²) in [6.45, 7) is 2.26. The zero-order chi connectivity index (χ0) is 15.0. The lowest BCUT2D eigenvalue weighted by Gasteiger charge is -2.40. The molecule has 0 radical (unpaired) electrons. The van der Waals surface area contributed by atoms with Crippen LogP contribution in [0, 0.1) is 5.82 Å². The predicted octanol–water partition coefficient (Wildman–Crippen LogP) is 1.45. The molecule has 114 valence electrons. The first-order valence-corrected chi connectivity index (χ1v) is 6.86. The maximum absolute atomic E-state index is 13.9. The first-order valence-electron chi connectivity index (χ1n) is 6.86. The Balaban J connectivity index is 1.89. The summed E-state index contributed by atoms with van der Waals surface area (Å²) >= 11 is 0. The van der Waals surface area contributed by atoms with Crippen LogP contribution >= 0.6 is 0 Å². The van der Waals surface area contributed by atoms with Crippen molar-refractivity contribution in [1.29, 1.82) is 0 Å². The van der Waals surface area contributed by atoms with Crippen molar-refractivity contribution >= 4 is 17.3 Å². The molecule has 0 aromatic heterocycles. The molecule has 3 rings (SSSR count). The molecule has 1 aromatic rings. The molecule has 21 heavy (non-hydrogen) atoms. The molecule has 0 unspecified atom stereocenters. The molecule has 1 spiro atoms. The number of aromatic carboxylic acids is 1. The van der Waals surface area contributed by atoms with Gasteiger partial charge in [0.1, 0.15) is 5.82 Å². The van der Waals surface area contributed by atoms with Crippen LogP contribution in [-0.4, -0.2) is 43.2 Å². The Kier molecular flexibility index (Phi) is 3.46. The van der Waals surface area contributed by atoms with E-state index in [1.54, 1.807) is 0 Å². The van der Waals surface area contributed by atoms with Crippen molar-refractivity contribution in [2.24, 2.45) is 0 Å². The minimum atomic E-state index is -1.33. The standard InChI is InChI=1S/C14H17FN2O4/c15-10-7-12(11(16)6-9(10)13(18)19)17-3-1-2-14(8-17)20-4-5-21-14/h6-7H,1-5,8,16H2,(H,18,19). The summed E-state index contributed by atoms with van der Waals surface area (Å²) in [6, 6.07) is 2.33. The van der Waals surface area contributed by atoms with E-state index in [1.807, 2.05) is 4.90 Å². The normalized spacial score (nSPS) is 20.9. The van der Waals surface area contributed by atoms with Crippen LogP contribution in [0.3, 0.4) is 0 Å². The lowest BCUT2D eigenvalue weighted by molar-refractivity contribution is -0.161. The molecule has 2 saturated heterocycles. The minimum Gasteiger partial charge on any atom is -0.478 e. The molecular formula is C14H17FN2O4. The van der Waals surface area contributed by atoms with E-state index in [-0.39, 0.29) is 5.69 Å². The van der Waals surface area contributed by atoms with Crippen molar-refractivity contribution < 1.29 is 23.8 Å². The number of carboxylic acid groups (broad SMARTS) is 1. The second kappa shape index (κ2) is 5.16. The molecule has 2 aliphatic rings. The molecule has 1 aromatic carbocycles. The summed E-state index contributed by atoms with van der Waals surface area (Å²) < 4.78 is 25.2. The predicted molar refractivity (Wildman–Crippen MR) is 73.9 cm³/mol. The van der Waals surface area contributed by atoms with Gasteiger partial charge in [-0.15, -0.1) is 0 Å². The molecule has 2 heterocycles. The van der Waals surface area contributed by atoms with E-state index in [0.717, 1.165) is 18.9 Å². The van der Waals surface area contributed by atoms with Gasteiger partial charge in [-0.2, -0.15) is 0 Å². The molecule has 7 heteroatoms. The number of nitrogen functional groups attached to an aromatic ring is 1. The minimum absolute atomic E-state index is 0.240. The van der Waals surface area contributed by atoms with Gasteiger partial charge in [0.25, 0.3) is 0 Å². The van der Waals surface area contributed by atoms with Crippen molar-refractivity contribution in [3.8, 4) is 0 Å². The second-order valence-corrected chi connectivity index (χ2v) is 5.33. The summed E-state index contributed by atoms with van der Waals surface area (Å²) in [4.78, 5) is 12.8. The van der Waals surface area contributed by atoms with Crippen LogP contribution in [0.2, 0.25) is 0 Å². The van der Waals surface area contributed by atoms with Crippen molar-refractivity contribution in [3.63, 3.8) is 0 Å². The number of ether oxygens (including phenoxy) is 2. The molecule has 2 fully saturated rings. The number of carbonyl (C=O) groups is 1. The van der Waals surface area contributed by atoms with Gasteiger partial charge in [-0.3, -0.25) is 0 Å². The fourth-order valence-electron chi connectivity index (χ4n) is 2.94. The SMILES string of the molecule is Nc1cc(C(=O)O)c(F)cc1N1CCCC2(C1)OCCO2. The van der Waals surface area contributed by atoms with Gasteiger partial charge in [0.15, 0.2) is 5.79 Å². The molecule has 0 atom stereocenters. The highest BCUT2D eigenvalue weighted by molar-refractivity contribution is 5.91. The van der Waals surface area contributed by atoms with Gasteiger partial charge >= 0.3 is 5.97 Å². The number of anilines is 2. The summed E-state index contributed by atoms with van der Waals surface area (Å²) in [7, 11) is 0. The first kappa shape index (κ1) is 14.1. The van der Waals surface area contributed by atoms with Crippen LogP contribution in [0.4, 0.5) is 15.8 Å². The highest BCUT2D eigenvalue weighted by Gasteiger charge is 2.41. The highest BCUT2D eigenvalue weighted by Crippen LogP contribution is 2.35. The largest absolute Gasteiger partial charge is 0.478 e. The summed E-state index contributed by atoms with van der Waals surface area (Å²) in [5.74, 6) is -2.77. The maximum atomic E-state index is 13.9. The van der Waals surface area contributed by atoms with Crippen LogP contribution in [0.1, 0.15) is 23.2 Å². The van der Waals surface area contributed by atoms with E-state index < -0.39 is 23.1 Å². The zero-order valence-electron chi connectivity index (χ0n) is 11.5. The van der Waals surface area contributed by atoms with E-state index in [0.29, 0.717) is 32.0 Å². The number of piperidine rings is 1.